The fourth-order valence-electron chi connectivity index (χ4n) is 3.19. The van der Waals surface area contributed by atoms with Crippen LogP contribution in [0.3, 0.4) is 0 Å². The van der Waals surface area contributed by atoms with Gasteiger partial charge in [0.1, 0.15) is 5.75 Å². The molecule has 0 amide bonds. The standard InChI is InChI=1S/C18H18O2/c1-11-9-13(10-12(2)18(11)20-3)14-5-4-6-16-15(14)7-8-17(16)19/h4-6,9-10H,7-8H2,1-3H3. The first-order chi connectivity index (χ1) is 9.61. The number of rotatable bonds is 2. The van der Waals surface area contributed by atoms with Crippen molar-refractivity contribution in [1.29, 1.82) is 0 Å². The van der Waals surface area contributed by atoms with Gasteiger partial charge in [-0.25, -0.2) is 0 Å². The smallest absolute Gasteiger partial charge is 0.163 e. The lowest BCUT2D eigenvalue weighted by Gasteiger charge is -2.13. The minimum absolute atomic E-state index is 0.267. The number of hydrogen-bond donors (Lipinski definition) is 0. The number of carbonyl (C=O) groups is 1. The largest absolute Gasteiger partial charge is 0.496 e. The molecule has 0 unspecified atom stereocenters. The number of fused-ring (bicyclic) bond motifs is 1. The van der Waals surface area contributed by atoms with Gasteiger partial charge in [-0.3, -0.25) is 4.79 Å². The van der Waals surface area contributed by atoms with Gasteiger partial charge >= 0.3 is 0 Å². The van der Waals surface area contributed by atoms with Crippen LogP contribution in [0.1, 0.15) is 33.5 Å². The van der Waals surface area contributed by atoms with Crippen LogP contribution in [-0.2, 0) is 6.42 Å². The number of Topliss-reactive ketones (excluding diaryl/α,β-unsaturated/α-hetero) is 1. The van der Waals surface area contributed by atoms with Crippen molar-refractivity contribution in [3.63, 3.8) is 0 Å². The van der Waals surface area contributed by atoms with E-state index in [0.717, 1.165) is 28.9 Å². The average molecular weight is 266 g/mol. The highest BCUT2D eigenvalue weighted by Gasteiger charge is 2.22. The molecule has 0 radical (unpaired) electrons. The van der Waals surface area contributed by atoms with Crippen LogP contribution in [0.5, 0.6) is 5.75 Å². The highest BCUT2D eigenvalue weighted by molar-refractivity contribution is 6.02. The maximum Gasteiger partial charge on any atom is 0.163 e. The van der Waals surface area contributed by atoms with E-state index in [9.17, 15) is 4.79 Å². The molecule has 2 nitrogen and oxygen atoms in total. The fourth-order valence-corrected chi connectivity index (χ4v) is 3.19. The molecule has 0 heterocycles. The molecule has 0 atom stereocenters. The third kappa shape index (κ3) is 1.92. The molecule has 0 N–H and O–H groups in total. The Hall–Kier alpha value is -2.09. The Morgan fingerprint density at radius 1 is 1.00 bits per heavy atom. The van der Waals surface area contributed by atoms with Gasteiger partial charge in [-0.05, 0) is 60.2 Å². The van der Waals surface area contributed by atoms with Crippen molar-refractivity contribution >= 4 is 5.78 Å². The van der Waals surface area contributed by atoms with E-state index in [1.807, 2.05) is 12.1 Å². The highest BCUT2D eigenvalue weighted by Crippen LogP contribution is 2.35. The van der Waals surface area contributed by atoms with E-state index >= 15 is 0 Å². The van der Waals surface area contributed by atoms with Crippen LogP contribution in [0.25, 0.3) is 11.1 Å². The minimum Gasteiger partial charge on any atom is -0.496 e. The normalized spacial score (nSPS) is 13.4. The molecule has 0 saturated carbocycles. The lowest BCUT2D eigenvalue weighted by Crippen LogP contribution is -1.95. The zero-order chi connectivity index (χ0) is 14.3. The van der Waals surface area contributed by atoms with Gasteiger partial charge < -0.3 is 4.74 Å². The second-order valence-corrected chi connectivity index (χ2v) is 5.40. The highest BCUT2D eigenvalue weighted by atomic mass is 16.5. The molecular weight excluding hydrogens is 248 g/mol. The summed E-state index contributed by atoms with van der Waals surface area (Å²) >= 11 is 0. The van der Waals surface area contributed by atoms with Crippen LogP contribution in [-0.4, -0.2) is 12.9 Å². The molecule has 0 aromatic heterocycles. The number of aryl methyl sites for hydroxylation is 2. The van der Waals surface area contributed by atoms with Crippen LogP contribution in [0.15, 0.2) is 30.3 Å². The molecule has 0 fully saturated rings. The molecule has 1 aliphatic carbocycles. The summed E-state index contributed by atoms with van der Waals surface area (Å²) in [5.41, 5.74) is 6.71. The third-order valence-electron chi connectivity index (χ3n) is 4.05. The van der Waals surface area contributed by atoms with E-state index in [1.165, 1.54) is 16.7 Å². The maximum atomic E-state index is 11.9. The van der Waals surface area contributed by atoms with E-state index in [4.69, 9.17) is 4.74 Å². The summed E-state index contributed by atoms with van der Waals surface area (Å²) in [6.07, 6.45) is 1.49. The van der Waals surface area contributed by atoms with Crippen LogP contribution in [0.4, 0.5) is 0 Å². The first kappa shape index (κ1) is 12.9. The Balaban J connectivity index is 2.18. The molecule has 0 bridgehead atoms. The van der Waals surface area contributed by atoms with Gasteiger partial charge in [0.25, 0.3) is 0 Å². The summed E-state index contributed by atoms with van der Waals surface area (Å²) < 4.78 is 5.42. The van der Waals surface area contributed by atoms with Crippen LogP contribution in [0.2, 0.25) is 0 Å². The third-order valence-corrected chi connectivity index (χ3v) is 4.05. The van der Waals surface area contributed by atoms with E-state index in [0.29, 0.717) is 6.42 Å². The summed E-state index contributed by atoms with van der Waals surface area (Å²) in [5.74, 6) is 1.21. The maximum absolute atomic E-state index is 11.9. The number of ketones is 1. The van der Waals surface area contributed by atoms with Crippen LogP contribution < -0.4 is 4.74 Å². The van der Waals surface area contributed by atoms with E-state index in [2.05, 4.69) is 32.0 Å². The molecule has 1 aliphatic rings. The minimum atomic E-state index is 0.267. The average Bonchev–Trinajstić information content (AvgIpc) is 2.80. The predicted octanol–water partition coefficient (Wildman–Crippen LogP) is 4.11. The Bertz CT molecular complexity index is 676. The summed E-state index contributed by atoms with van der Waals surface area (Å²) in [5, 5.41) is 0. The summed E-state index contributed by atoms with van der Waals surface area (Å²) in [7, 11) is 1.70. The number of benzene rings is 2. The van der Waals surface area contributed by atoms with Gasteiger partial charge in [-0.1, -0.05) is 18.2 Å². The molecule has 3 rings (SSSR count). The molecule has 2 aromatic rings. The van der Waals surface area contributed by atoms with Gasteiger partial charge in [0.2, 0.25) is 0 Å². The number of hydrogen-bond acceptors (Lipinski definition) is 2. The molecule has 0 spiro atoms. The first-order valence-electron chi connectivity index (χ1n) is 6.92. The summed E-state index contributed by atoms with van der Waals surface area (Å²) in [6, 6.07) is 10.3. The zero-order valence-electron chi connectivity index (χ0n) is 12.1. The van der Waals surface area contributed by atoms with Crippen LogP contribution >= 0.6 is 0 Å². The molecule has 102 valence electrons. The fraction of sp³-hybridized carbons (Fsp3) is 0.278. The van der Waals surface area contributed by atoms with Crippen molar-refractivity contribution in [2.75, 3.05) is 7.11 Å². The molecule has 2 aromatic carbocycles. The predicted molar refractivity (Wildman–Crippen MR) is 80.6 cm³/mol. The molecule has 20 heavy (non-hydrogen) atoms. The second kappa shape index (κ2) is 4.78. The molecule has 0 saturated heterocycles. The number of methoxy groups -OCH3 is 1. The van der Waals surface area contributed by atoms with Crippen LogP contribution in [0, 0.1) is 13.8 Å². The quantitative estimate of drug-likeness (QED) is 0.817. The van der Waals surface area contributed by atoms with Crippen molar-refractivity contribution in [3.8, 4) is 16.9 Å². The Labute approximate surface area is 119 Å². The van der Waals surface area contributed by atoms with Crippen molar-refractivity contribution in [1.82, 2.24) is 0 Å². The Morgan fingerprint density at radius 2 is 1.65 bits per heavy atom. The molecule has 0 aliphatic heterocycles. The van der Waals surface area contributed by atoms with E-state index in [-0.39, 0.29) is 5.78 Å². The van der Waals surface area contributed by atoms with Crippen molar-refractivity contribution in [3.05, 3.63) is 52.6 Å². The van der Waals surface area contributed by atoms with Gasteiger partial charge in [0.05, 0.1) is 7.11 Å². The van der Waals surface area contributed by atoms with Crippen molar-refractivity contribution in [2.24, 2.45) is 0 Å². The monoisotopic (exact) mass is 266 g/mol. The van der Waals surface area contributed by atoms with Crippen molar-refractivity contribution < 1.29 is 9.53 Å². The van der Waals surface area contributed by atoms with E-state index < -0.39 is 0 Å². The zero-order valence-corrected chi connectivity index (χ0v) is 12.1. The molecular formula is C18H18O2. The lowest BCUT2D eigenvalue weighted by atomic mass is 9.94. The Morgan fingerprint density at radius 3 is 2.30 bits per heavy atom. The topological polar surface area (TPSA) is 26.3 Å². The van der Waals surface area contributed by atoms with Gasteiger partial charge in [-0.15, -0.1) is 0 Å². The lowest BCUT2D eigenvalue weighted by molar-refractivity contribution is 0.0994. The van der Waals surface area contributed by atoms with E-state index in [1.54, 1.807) is 7.11 Å². The number of ether oxygens (including phenoxy) is 1. The van der Waals surface area contributed by atoms with Gasteiger partial charge in [0.15, 0.2) is 5.78 Å². The summed E-state index contributed by atoms with van der Waals surface area (Å²) in [6.45, 7) is 4.12. The first-order valence-corrected chi connectivity index (χ1v) is 6.92. The van der Waals surface area contributed by atoms with Crippen molar-refractivity contribution in [2.45, 2.75) is 26.7 Å². The second-order valence-electron chi connectivity index (χ2n) is 5.40. The summed E-state index contributed by atoms with van der Waals surface area (Å²) in [4.78, 5) is 11.9. The van der Waals surface area contributed by atoms with Gasteiger partial charge in [-0.2, -0.15) is 0 Å². The SMILES string of the molecule is COc1c(C)cc(-c2cccc3c2CCC3=O)cc1C. The Kier molecular flexibility index (Phi) is 3.09. The number of carbonyl (C=O) groups excluding carboxylic acids is 1. The molecule has 2 heteroatoms. The van der Waals surface area contributed by atoms with Gasteiger partial charge in [0, 0.05) is 12.0 Å².